The molecule has 0 saturated heterocycles. The third-order valence-corrected chi connectivity index (χ3v) is 4.76. The lowest BCUT2D eigenvalue weighted by Gasteiger charge is -2.29. The zero-order valence-electron chi connectivity index (χ0n) is 16.0. The molecule has 2 aromatic carbocycles. The number of carbonyl (C=O) groups excluding carboxylic acids is 2. The molecular weight excluding hydrogens is 340 g/mol. The number of benzene rings is 2. The monoisotopic (exact) mass is 366 g/mol. The maximum atomic E-state index is 12.4. The second-order valence-corrected chi connectivity index (χ2v) is 6.70. The van der Waals surface area contributed by atoms with Crippen molar-refractivity contribution in [3.63, 3.8) is 0 Å². The SMILES string of the molecule is CCOc1ccc(CC(=O)Nc2ccc3c(c2)CN(C(=O)CC)CC3)cc1. The third-order valence-electron chi connectivity index (χ3n) is 4.76. The molecule has 1 aliphatic rings. The fourth-order valence-corrected chi connectivity index (χ4v) is 3.33. The van der Waals surface area contributed by atoms with Gasteiger partial charge in [0.2, 0.25) is 11.8 Å². The Morgan fingerprint density at radius 1 is 1.07 bits per heavy atom. The zero-order chi connectivity index (χ0) is 19.2. The lowest BCUT2D eigenvalue weighted by atomic mass is 9.98. The minimum absolute atomic E-state index is 0.0589. The molecule has 2 amide bonds. The predicted molar refractivity (Wildman–Crippen MR) is 106 cm³/mol. The third kappa shape index (κ3) is 4.88. The van der Waals surface area contributed by atoms with Crippen LogP contribution in [0, 0.1) is 0 Å². The van der Waals surface area contributed by atoms with Crippen molar-refractivity contribution < 1.29 is 14.3 Å². The average Bonchev–Trinajstić information content (AvgIpc) is 2.68. The van der Waals surface area contributed by atoms with E-state index < -0.39 is 0 Å². The molecule has 5 heteroatoms. The lowest BCUT2D eigenvalue weighted by Crippen LogP contribution is -2.35. The van der Waals surface area contributed by atoms with E-state index in [-0.39, 0.29) is 11.8 Å². The van der Waals surface area contributed by atoms with E-state index >= 15 is 0 Å². The summed E-state index contributed by atoms with van der Waals surface area (Å²) in [6.07, 6.45) is 1.69. The van der Waals surface area contributed by atoms with Gasteiger partial charge >= 0.3 is 0 Å². The van der Waals surface area contributed by atoms with E-state index in [0.29, 0.717) is 26.0 Å². The zero-order valence-corrected chi connectivity index (χ0v) is 16.0. The smallest absolute Gasteiger partial charge is 0.228 e. The Kier molecular flexibility index (Phi) is 6.12. The number of anilines is 1. The molecule has 0 bridgehead atoms. The topological polar surface area (TPSA) is 58.6 Å². The van der Waals surface area contributed by atoms with Gasteiger partial charge in [-0.1, -0.05) is 25.1 Å². The summed E-state index contributed by atoms with van der Waals surface area (Å²) in [6, 6.07) is 13.5. The largest absolute Gasteiger partial charge is 0.494 e. The van der Waals surface area contributed by atoms with Crippen LogP contribution in [0.15, 0.2) is 42.5 Å². The number of rotatable bonds is 6. The molecule has 2 aromatic rings. The van der Waals surface area contributed by atoms with E-state index in [1.165, 1.54) is 5.56 Å². The Balaban J connectivity index is 1.62. The summed E-state index contributed by atoms with van der Waals surface area (Å²) in [5, 5.41) is 2.96. The van der Waals surface area contributed by atoms with Crippen LogP contribution in [0.5, 0.6) is 5.75 Å². The first-order valence-electron chi connectivity index (χ1n) is 9.50. The number of carbonyl (C=O) groups is 2. The Morgan fingerprint density at radius 2 is 1.85 bits per heavy atom. The first-order valence-corrected chi connectivity index (χ1v) is 9.50. The summed E-state index contributed by atoms with van der Waals surface area (Å²) in [4.78, 5) is 26.2. The number of amides is 2. The summed E-state index contributed by atoms with van der Waals surface area (Å²) in [5.74, 6) is 0.921. The molecule has 5 nitrogen and oxygen atoms in total. The molecule has 1 N–H and O–H groups in total. The maximum absolute atomic E-state index is 12.4. The number of fused-ring (bicyclic) bond motifs is 1. The second kappa shape index (κ2) is 8.71. The fourth-order valence-electron chi connectivity index (χ4n) is 3.33. The highest BCUT2D eigenvalue weighted by atomic mass is 16.5. The van der Waals surface area contributed by atoms with E-state index in [9.17, 15) is 9.59 Å². The van der Waals surface area contributed by atoms with Crippen LogP contribution in [0.3, 0.4) is 0 Å². The number of ether oxygens (including phenoxy) is 1. The number of nitrogens with one attached hydrogen (secondary N) is 1. The molecule has 1 aliphatic heterocycles. The predicted octanol–water partition coefficient (Wildman–Crippen LogP) is 3.56. The number of hydrogen-bond donors (Lipinski definition) is 1. The van der Waals surface area contributed by atoms with E-state index in [0.717, 1.165) is 35.5 Å². The molecular formula is C22H26N2O3. The van der Waals surface area contributed by atoms with Crippen LogP contribution in [0.4, 0.5) is 5.69 Å². The Bertz CT molecular complexity index is 815. The van der Waals surface area contributed by atoms with Gasteiger partial charge < -0.3 is 15.0 Å². The van der Waals surface area contributed by atoms with Crippen molar-refractivity contribution in [2.75, 3.05) is 18.5 Å². The first-order chi connectivity index (χ1) is 13.1. The molecule has 0 aliphatic carbocycles. The van der Waals surface area contributed by atoms with Crippen molar-refractivity contribution in [3.8, 4) is 5.75 Å². The maximum Gasteiger partial charge on any atom is 0.228 e. The first kappa shape index (κ1) is 19.0. The van der Waals surface area contributed by atoms with Gasteiger partial charge in [-0.15, -0.1) is 0 Å². The van der Waals surface area contributed by atoms with Gasteiger partial charge in [-0.25, -0.2) is 0 Å². The summed E-state index contributed by atoms with van der Waals surface area (Å²) >= 11 is 0. The van der Waals surface area contributed by atoms with E-state index in [4.69, 9.17) is 4.74 Å². The summed E-state index contributed by atoms with van der Waals surface area (Å²) < 4.78 is 5.42. The number of nitrogens with zero attached hydrogens (tertiary/aromatic N) is 1. The molecule has 0 aromatic heterocycles. The quantitative estimate of drug-likeness (QED) is 0.850. The Hall–Kier alpha value is -2.82. The van der Waals surface area contributed by atoms with Crippen molar-refractivity contribution in [1.82, 2.24) is 4.90 Å². The van der Waals surface area contributed by atoms with Crippen molar-refractivity contribution in [2.24, 2.45) is 0 Å². The van der Waals surface area contributed by atoms with E-state index in [1.807, 2.05) is 55.1 Å². The van der Waals surface area contributed by atoms with Gasteiger partial charge in [0.15, 0.2) is 0 Å². The van der Waals surface area contributed by atoms with Gasteiger partial charge in [-0.2, -0.15) is 0 Å². The Labute approximate surface area is 160 Å². The van der Waals surface area contributed by atoms with Gasteiger partial charge in [0.25, 0.3) is 0 Å². The van der Waals surface area contributed by atoms with Crippen molar-refractivity contribution in [1.29, 1.82) is 0 Å². The van der Waals surface area contributed by atoms with Gasteiger partial charge in [-0.05, 0) is 54.3 Å². The molecule has 0 atom stereocenters. The molecule has 0 unspecified atom stereocenters. The van der Waals surface area contributed by atoms with Crippen molar-refractivity contribution in [2.45, 2.75) is 39.7 Å². The fraction of sp³-hybridized carbons (Fsp3) is 0.364. The Morgan fingerprint density at radius 3 is 2.56 bits per heavy atom. The van der Waals surface area contributed by atoms with E-state index in [1.54, 1.807) is 0 Å². The minimum atomic E-state index is -0.0589. The molecule has 27 heavy (non-hydrogen) atoms. The minimum Gasteiger partial charge on any atom is -0.494 e. The second-order valence-electron chi connectivity index (χ2n) is 6.70. The summed E-state index contributed by atoms with van der Waals surface area (Å²) in [7, 11) is 0. The van der Waals surface area contributed by atoms with Crippen LogP contribution in [-0.4, -0.2) is 29.9 Å². The van der Waals surface area contributed by atoms with Gasteiger partial charge in [0, 0.05) is 25.2 Å². The normalized spacial score (nSPS) is 13.0. The van der Waals surface area contributed by atoms with Crippen LogP contribution >= 0.6 is 0 Å². The van der Waals surface area contributed by atoms with Gasteiger partial charge in [0.1, 0.15) is 5.75 Å². The van der Waals surface area contributed by atoms with Gasteiger partial charge in [0.05, 0.1) is 13.0 Å². The van der Waals surface area contributed by atoms with Crippen LogP contribution < -0.4 is 10.1 Å². The summed E-state index contributed by atoms with van der Waals surface area (Å²) in [5.41, 5.74) is 4.07. The van der Waals surface area contributed by atoms with Crippen LogP contribution in [-0.2, 0) is 29.0 Å². The standard InChI is InChI=1S/C22H26N2O3/c1-3-22(26)24-12-11-17-7-8-19(14-18(17)15-24)23-21(25)13-16-5-9-20(10-6-16)27-4-2/h5-10,14H,3-4,11-13,15H2,1-2H3,(H,23,25). The van der Waals surface area contributed by atoms with Gasteiger partial charge in [-0.3, -0.25) is 9.59 Å². The highest BCUT2D eigenvalue weighted by molar-refractivity contribution is 5.92. The molecule has 3 rings (SSSR count). The molecule has 0 saturated carbocycles. The molecule has 142 valence electrons. The summed E-state index contributed by atoms with van der Waals surface area (Å²) in [6.45, 7) is 5.83. The molecule has 0 spiro atoms. The molecule has 0 fully saturated rings. The van der Waals surface area contributed by atoms with Crippen molar-refractivity contribution in [3.05, 3.63) is 59.2 Å². The molecule has 0 radical (unpaired) electrons. The highest BCUT2D eigenvalue weighted by Gasteiger charge is 2.19. The molecule has 1 heterocycles. The van der Waals surface area contributed by atoms with Crippen molar-refractivity contribution >= 4 is 17.5 Å². The van der Waals surface area contributed by atoms with Crippen LogP contribution in [0.1, 0.15) is 37.0 Å². The lowest BCUT2D eigenvalue weighted by molar-refractivity contribution is -0.131. The van der Waals surface area contributed by atoms with Crippen LogP contribution in [0.25, 0.3) is 0 Å². The van der Waals surface area contributed by atoms with E-state index in [2.05, 4.69) is 11.4 Å². The number of hydrogen-bond acceptors (Lipinski definition) is 3. The highest BCUT2D eigenvalue weighted by Crippen LogP contribution is 2.23. The van der Waals surface area contributed by atoms with Crippen LogP contribution in [0.2, 0.25) is 0 Å². The average molecular weight is 366 g/mol.